The fraction of sp³-hybridized carbons (Fsp3) is 0.462. The molecule has 0 N–H and O–H groups in total. The molecule has 98 valence electrons. The zero-order valence-corrected chi connectivity index (χ0v) is 10.2. The fourth-order valence-electron chi connectivity index (χ4n) is 1.92. The van der Waals surface area contributed by atoms with Crippen molar-refractivity contribution in [3.63, 3.8) is 0 Å². The van der Waals surface area contributed by atoms with Gasteiger partial charge in [-0.1, -0.05) is 30.3 Å². The summed E-state index contributed by atoms with van der Waals surface area (Å²) in [5, 5.41) is 0. The van der Waals surface area contributed by atoms with Gasteiger partial charge in [0.05, 0.1) is 13.1 Å². The molecule has 1 unspecified atom stereocenters. The van der Waals surface area contributed by atoms with E-state index in [0.29, 0.717) is 0 Å². The number of carbonyl (C=O) groups excluding carboxylic acids is 1. The van der Waals surface area contributed by atoms with Crippen LogP contribution in [-0.2, 0) is 16.1 Å². The molecule has 0 radical (unpaired) electrons. The smallest absolute Gasteiger partial charge is 0.410 e. The minimum absolute atomic E-state index is 0.0339. The number of hydrogen-bond acceptors (Lipinski definition) is 3. The molecule has 2 rings (SSSR count). The summed E-state index contributed by atoms with van der Waals surface area (Å²) in [6.07, 6.45) is -2.19. The number of alkyl halides is 1. The number of likely N-dealkylation sites (tertiary alicyclic amines) is 1. The molecule has 1 aliphatic rings. The van der Waals surface area contributed by atoms with Crippen LogP contribution in [0, 0.1) is 0 Å². The first-order valence-corrected chi connectivity index (χ1v) is 5.83. The van der Waals surface area contributed by atoms with Crippen LogP contribution in [0.5, 0.6) is 0 Å². The summed E-state index contributed by atoms with van der Waals surface area (Å²) < 4.78 is 23.4. The van der Waals surface area contributed by atoms with Crippen LogP contribution in [-0.4, -0.2) is 43.5 Å². The van der Waals surface area contributed by atoms with Crippen LogP contribution in [0.15, 0.2) is 30.3 Å². The Balaban J connectivity index is 1.82. The Morgan fingerprint density at radius 3 is 2.72 bits per heavy atom. The second kappa shape index (κ2) is 5.82. The first kappa shape index (κ1) is 12.8. The van der Waals surface area contributed by atoms with Crippen molar-refractivity contribution < 1.29 is 18.7 Å². The van der Waals surface area contributed by atoms with Gasteiger partial charge in [-0.3, -0.25) is 0 Å². The Morgan fingerprint density at radius 2 is 2.11 bits per heavy atom. The molecule has 1 heterocycles. The standard InChI is InChI=1S/C13H16FNO3/c1-17-12-8-15(7-11(12)14)13(16)18-9-10-5-3-2-4-6-10/h2-6,11-12H,7-9H2,1H3/t11?,12-/m0/s1. The minimum Gasteiger partial charge on any atom is -0.445 e. The van der Waals surface area contributed by atoms with Crippen LogP contribution in [0.1, 0.15) is 5.56 Å². The molecule has 0 aliphatic carbocycles. The summed E-state index contributed by atoms with van der Waals surface area (Å²) in [6.45, 7) is 0.474. The van der Waals surface area contributed by atoms with Crippen LogP contribution < -0.4 is 0 Å². The molecule has 1 aromatic rings. The summed E-state index contributed by atoms with van der Waals surface area (Å²) >= 11 is 0. The van der Waals surface area contributed by atoms with E-state index >= 15 is 0 Å². The van der Waals surface area contributed by atoms with Crippen LogP contribution in [0.2, 0.25) is 0 Å². The Morgan fingerprint density at radius 1 is 1.39 bits per heavy atom. The highest BCUT2D eigenvalue weighted by atomic mass is 19.1. The van der Waals surface area contributed by atoms with Crippen molar-refractivity contribution in [2.45, 2.75) is 18.9 Å². The summed E-state index contributed by atoms with van der Waals surface area (Å²) in [4.78, 5) is 13.0. The highest BCUT2D eigenvalue weighted by Crippen LogP contribution is 2.17. The molecule has 4 nitrogen and oxygen atoms in total. The second-order valence-electron chi connectivity index (χ2n) is 4.24. The molecule has 18 heavy (non-hydrogen) atoms. The van der Waals surface area contributed by atoms with E-state index in [1.807, 2.05) is 30.3 Å². The maximum Gasteiger partial charge on any atom is 0.410 e. The van der Waals surface area contributed by atoms with E-state index in [4.69, 9.17) is 9.47 Å². The van der Waals surface area contributed by atoms with E-state index in [-0.39, 0.29) is 19.7 Å². The van der Waals surface area contributed by atoms with Crippen molar-refractivity contribution >= 4 is 6.09 Å². The lowest BCUT2D eigenvalue weighted by atomic mass is 10.2. The van der Waals surface area contributed by atoms with E-state index in [2.05, 4.69) is 0 Å². The molecule has 0 bridgehead atoms. The number of carbonyl (C=O) groups is 1. The first-order chi connectivity index (χ1) is 8.70. The Bertz CT molecular complexity index is 398. The van der Waals surface area contributed by atoms with Crippen molar-refractivity contribution in [1.29, 1.82) is 0 Å². The Kier molecular flexibility index (Phi) is 4.15. The number of nitrogens with zero attached hydrogens (tertiary/aromatic N) is 1. The first-order valence-electron chi connectivity index (χ1n) is 5.83. The number of halogens is 1. The Hall–Kier alpha value is -1.62. The number of methoxy groups -OCH3 is 1. The predicted octanol–water partition coefficient (Wildman–Crippen LogP) is 1.99. The van der Waals surface area contributed by atoms with Gasteiger partial charge >= 0.3 is 6.09 Å². The SMILES string of the molecule is CO[C@H]1CN(C(=O)OCc2ccccc2)CC1F. The number of hydrogen-bond donors (Lipinski definition) is 0. The van der Waals surface area contributed by atoms with Gasteiger partial charge in [0, 0.05) is 7.11 Å². The van der Waals surface area contributed by atoms with Gasteiger partial charge in [0.2, 0.25) is 0 Å². The van der Waals surface area contributed by atoms with Crippen LogP contribution >= 0.6 is 0 Å². The van der Waals surface area contributed by atoms with Crippen molar-refractivity contribution in [3.8, 4) is 0 Å². The summed E-state index contributed by atoms with van der Waals surface area (Å²) in [6, 6.07) is 9.37. The average molecular weight is 253 g/mol. The van der Waals surface area contributed by atoms with Gasteiger partial charge in [0.25, 0.3) is 0 Å². The fourth-order valence-corrected chi connectivity index (χ4v) is 1.92. The average Bonchev–Trinajstić information content (AvgIpc) is 2.78. The third kappa shape index (κ3) is 2.98. The van der Waals surface area contributed by atoms with Crippen molar-refractivity contribution in [2.24, 2.45) is 0 Å². The molecule has 1 fully saturated rings. The largest absolute Gasteiger partial charge is 0.445 e. The van der Waals surface area contributed by atoms with Crippen LogP contribution in [0.25, 0.3) is 0 Å². The lowest BCUT2D eigenvalue weighted by Gasteiger charge is -2.15. The van der Waals surface area contributed by atoms with Crippen LogP contribution in [0.3, 0.4) is 0 Å². The van der Waals surface area contributed by atoms with Crippen molar-refractivity contribution in [1.82, 2.24) is 4.90 Å². The van der Waals surface area contributed by atoms with Crippen molar-refractivity contribution in [3.05, 3.63) is 35.9 Å². The third-order valence-electron chi connectivity index (χ3n) is 2.96. The van der Waals surface area contributed by atoms with Crippen LogP contribution in [0.4, 0.5) is 9.18 Å². The maximum atomic E-state index is 13.4. The number of benzene rings is 1. The minimum atomic E-state index is -1.14. The molecule has 0 aromatic heterocycles. The lowest BCUT2D eigenvalue weighted by Crippen LogP contribution is -2.30. The summed E-state index contributed by atoms with van der Waals surface area (Å²) in [7, 11) is 1.44. The van der Waals surface area contributed by atoms with Gasteiger partial charge in [-0.2, -0.15) is 0 Å². The number of ether oxygens (including phenoxy) is 2. The highest BCUT2D eigenvalue weighted by molar-refractivity contribution is 5.68. The molecule has 5 heteroatoms. The van der Waals surface area contributed by atoms with Gasteiger partial charge in [-0.25, -0.2) is 9.18 Å². The maximum absolute atomic E-state index is 13.4. The predicted molar refractivity (Wildman–Crippen MR) is 63.9 cm³/mol. The molecule has 1 aromatic carbocycles. The molecule has 1 amide bonds. The van der Waals surface area contributed by atoms with Gasteiger partial charge in [-0.05, 0) is 5.56 Å². The molecular weight excluding hydrogens is 237 g/mol. The van der Waals surface area contributed by atoms with Gasteiger partial charge in [0.1, 0.15) is 18.9 Å². The summed E-state index contributed by atoms with van der Waals surface area (Å²) in [5.41, 5.74) is 0.908. The zero-order valence-electron chi connectivity index (χ0n) is 10.2. The number of amides is 1. The molecule has 0 saturated carbocycles. The molecule has 1 aliphatic heterocycles. The van der Waals surface area contributed by atoms with E-state index < -0.39 is 18.4 Å². The molecular formula is C13H16FNO3. The topological polar surface area (TPSA) is 38.8 Å². The van der Waals surface area contributed by atoms with Crippen molar-refractivity contribution in [2.75, 3.05) is 20.2 Å². The number of rotatable bonds is 3. The normalized spacial score (nSPS) is 23.1. The van der Waals surface area contributed by atoms with Gasteiger partial charge in [-0.15, -0.1) is 0 Å². The lowest BCUT2D eigenvalue weighted by molar-refractivity contribution is 0.0602. The Labute approximate surface area is 105 Å². The van der Waals surface area contributed by atoms with E-state index in [0.717, 1.165) is 5.56 Å². The van der Waals surface area contributed by atoms with Gasteiger partial charge < -0.3 is 14.4 Å². The zero-order chi connectivity index (χ0) is 13.0. The van der Waals surface area contributed by atoms with E-state index in [9.17, 15) is 9.18 Å². The second-order valence-corrected chi connectivity index (χ2v) is 4.24. The highest BCUT2D eigenvalue weighted by Gasteiger charge is 2.36. The molecule has 2 atom stereocenters. The third-order valence-corrected chi connectivity index (χ3v) is 2.96. The quantitative estimate of drug-likeness (QED) is 0.827. The molecule has 1 saturated heterocycles. The monoisotopic (exact) mass is 253 g/mol. The van der Waals surface area contributed by atoms with E-state index in [1.165, 1.54) is 12.0 Å². The van der Waals surface area contributed by atoms with E-state index in [1.54, 1.807) is 0 Å². The van der Waals surface area contributed by atoms with Gasteiger partial charge in [0.15, 0.2) is 0 Å². The summed E-state index contributed by atoms with van der Waals surface area (Å²) in [5.74, 6) is 0. The molecule has 0 spiro atoms.